The summed E-state index contributed by atoms with van der Waals surface area (Å²) in [7, 11) is 0. The van der Waals surface area contributed by atoms with Gasteiger partial charge in [-0.05, 0) is 23.8 Å². The topological polar surface area (TPSA) is 20.2 Å². The second-order valence-corrected chi connectivity index (χ2v) is 3.64. The Hall–Kier alpha value is -0.310. The Balaban J connectivity index is 2.93. The summed E-state index contributed by atoms with van der Waals surface area (Å²) in [6, 6.07) is 5.58. The van der Waals surface area contributed by atoms with E-state index in [1.807, 2.05) is 24.3 Å². The molecule has 0 radical (unpaired) electrons. The third-order valence-electron chi connectivity index (χ3n) is 1.30. The van der Waals surface area contributed by atoms with Crippen molar-refractivity contribution in [3.05, 3.63) is 39.3 Å². The molecule has 1 aromatic rings. The Labute approximate surface area is 84.8 Å². The number of rotatable bonds is 2. The molecule has 1 rings (SSSR count). The van der Waals surface area contributed by atoms with E-state index < -0.39 is 0 Å². The smallest absolute Gasteiger partial charge is 0.0615 e. The van der Waals surface area contributed by atoms with Crippen molar-refractivity contribution < 1.29 is 5.11 Å². The molecular formula is C9H8BrClO. The lowest BCUT2D eigenvalue weighted by Gasteiger charge is -1.96. The van der Waals surface area contributed by atoms with Crippen molar-refractivity contribution in [3.63, 3.8) is 0 Å². The molecular weight excluding hydrogens is 239 g/mol. The third-order valence-corrected chi connectivity index (χ3v) is 1.98. The van der Waals surface area contributed by atoms with Gasteiger partial charge in [-0.3, -0.25) is 0 Å². The number of benzene rings is 1. The normalized spacial score (nSPS) is 10.9. The highest BCUT2D eigenvalue weighted by Crippen LogP contribution is 2.20. The number of hydrogen-bond donors (Lipinski definition) is 1. The van der Waals surface area contributed by atoms with Gasteiger partial charge in [0.05, 0.1) is 6.61 Å². The number of halogens is 2. The van der Waals surface area contributed by atoms with Crippen molar-refractivity contribution in [1.29, 1.82) is 0 Å². The molecule has 0 amide bonds. The molecule has 1 N–H and O–H groups in total. The maximum atomic E-state index is 8.53. The van der Waals surface area contributed by atoms with Gasteiger partial charge in [0.1, 0.15) is 0 Å². The van der Waals surface area contributed by atoms with Crippen LogP contribution in [0.5, 0.6) is 0 Å². The minimum absolute atomic E-state index is 0.0458. The van der Waals surface area contributed by atoms with Crippen LogP contribution >= 0.6 is 27.5 Å². The molecule has 64 valence electrons. The zero-order chi connectivity index (χ0) is 8.97. The van der Waals surface area contributed by atoms with Crippen molar-refractivity contribution in [2.75, 3.05) is 6.61 Å². The number of hydrogen-bond acceptors (Lipinski definition) is 1. The van der Waals surface area contributed by atoms with Crippen LogP contribution in [0.25, 0.3) is 6.08 Å². The monoisotopic (exact) mass is 246 g/mol. The van der Waals surface area contributed by atoms with E-state index in [0.717, 1.165) is 10.0 Å². The summed E-state index contributed by atoms with van der Waals surface area (Å²) in [5, 5.41) is 9.22. The molecule has 0 aliphatic heterocycles. The minimum Gasteiger partial charge on any atom is -0.392 e. The van der Waals surface area contributed by atoms with Crippen molar-refractivity contribution in [2.24, 2.45) is 0 Å². The Morgan fingerprint density at radius 3 is 2.75 bits per heavy atom. The fourth-order valence-electron chi connectivity index (χ4n) is 0.860. The maximum Gasteiger partial charge on any atom is 0.0615 e. The highest BCUT2D eigenvalue weighted by molar-refractivity contribution is 9.10. The van der Waals surface area contributed by atoms with Gasteiger partial charge in [0, 0.05) is 9.50 Å². The van der Waals surface area contributed by atoms with Crippen LogP contribution in [-0.2, 0) is 0 Å². The van der Waals surface area contributed by atoms with Crippen molar-refractivity contribution in [2.45, 2.75) is 0 Å². The fraction of sp³-hybridized carbons (Fsp3) is 0.111. The molecule has 0 fully saturated rings. The Morgan fingerprint density at radius 1 is 1.42 bits per heavy atom. The Kier molecular flexibility index (Phi) is 3.79. The number of aliphatic hydroxyl groups excluding tert-OH is 1. The van der Waals surface area contributed by atoms with Crippen LogP contribution in [0.15, 0.2) is 28.7 Å². The summed E-state index contributed by atoms with van der Waals surface area (Å²) in [6.07, 6.45) is 3.48. The molecule has 0 saturated heterocycles. The summed E-state index contributed by atoms with van der Waals surface area (Å²) in [6.45, 7) is 0.0458. The average Bonchev–Trinajstić information content (AvgIpc) is 1.99. The predicted octanol–water partition coefficient (Wildman–Crippen LogP) is 3.11. The van der Waals surface area contributed by atoms with E-state index in [1.54, 1.807) is 6.08 Å². The minimum atomic E-state index is 0.0458. The predicted molar refractivity (Wildman–Crippen MR) is 55.3 cm³/mol. The molecule has 0 aliphatic rings. The second-order valence-electron chi connectivity index (χ2n) is 2.29. The first-order valence-corrected chi connectivity index (χ1v) is 4.63. The molecule has 0 aromatic heterocycles. The van der Waals surface area contributed by atoms with Crippen molar-refractivity contribution in [1.82, 2.24) is 0 Å². The molecule has 1 aromatic carbocycles. The lowest BCUT2D eigenvalue weighted by Crippen LogP contribution is -1.75. The first-order valence-electron chi connectivity index (χ1n) is 3.46. The van der Waals surface area contributed by atoms with E-state index in [1.165, 1.54) is 0 Å². The lowest BCUT2D eigenvalue weighted by atomic mass is 10.2. The molecule has 0 heterocycles. The fourth-order valence-corrected chi connectivity index (χ4v) is 1.75. The summed E-state index contributed by atoms with van der Waals surface area (Å²) in [5.74, 6) is 0. The zero-order valence-electron chi connectivity index (χ0n) is 6.30. The first kappa shape index (κ1) is 9.78. The van der Waals surface area contributed by atoms with Gasteiger partial charge in [-0.15, -0.1) is 0 Å². The molecule has 3 heteroatoms. The number of aliphatic hydroxyl groups is 1. The molecule has 12 heavy (non-hydrogen) atoms. The van der Waals surface area contributed by atoms with E-state index in [0.29, 0.717) is 5.02 Å². The quantitative estimate of drug-likeness (QED) is 0.851. The van der Waals surface area contributed by atoms with Crippen LogP contribution in [0, 0.1) is 0 Å². The van der Waals surface area contributed by atoms with E-state index in [2.05, 4.69) is 15.9 Å². The van der Waals surface area contributed by atoms with Gasteiger partial charge < -0.3 is 5.11 Å². The van der Waals surface area contributed by atoms with E-state index in [9.17, 15) is 0 Å². The summed E-state index contributed by atoms with van der Waals surface area (Å²) in [4.78, 5) is 0. The van der Waals surface area contributed by atoms with Crippen LogP contribution in [0.1, 0.15) is 5.56 Å². The summed E-state index contributed by atoms with van der Waals surface area (Å²) in [5.41, 5.74) is 0.975. The summed E-state index contributed by atoms with van der Waals surface area (Å²) >= 11 is 9.13. The van der Waals surface area contributed by atoms with Gasteiger partial charge in [0.25, 0.3) is 0 Å². The van der Waals surface area contributed by atoms with Crippen LogP contribution in [0.4, 0.5) is 0 Å². The van der Waals surface area contributed by atoms with Gasteiger partial charge in [0.15, 0.2) is 0 Å². The highest BCUT2D eigenvalue weighted by Gasteiger charge is 1.93. The van der Waals surface area contributed by atoms with E-state index in [4.69, 9.17) is 16.7 Å². The largest absolute Gasteiger partial charge is 0.392 e. The molecule has 1 nitrogen and oxygen atoms in total. The van der Waals surface area contributed by atoms with Crippen molar-refractivity contribution in [3.8, 4) is 0 Å². The van der Waals surface area contributed by atoms with E-state index >= 15 is 0 Å². The Bertz CT molecular complexity index is 276. The van der Waals surface area contributed by atoms with Gasteiger partial charge in [-0.2, -0.15) is 0 Å². The van der Waals surface area contributed by atoms with Gasteiger partial charge in [-0.1, -0.05) is 39.7 Å². The second kappa shape index (κ2) is 4.65. The molecule has 0 aliphatic carbocycles. The molecule has 0 spiro atoms. The maximum absolute atomic E-state index is 8.53. The summed E-state index contributed by atoms with van der Waals surface area (Å²) < 4.78 is 0.938. The van der Waals surface area contributed by atoms with Crippen molar-refractivity contribution >= 4 is 33.6 Å². The standard InChI is InChI=1S/C9H8BrClO/c10-8-4-7(2-1-3-12)5-9(11)6-8/h1-2,4-6,12H,3H2. The van der Waals surface area contributed by atoms with E-state index in [-0.39, 0.29) is 6.61 Å². The van der Waals surface area contributed by atoms with Crippen LogP contribution in [0.3, 0.4) is 0 Å². The van der Waals surface area contributed by atoms with Crippen LogP contribution in [0.2, 0.25) is 5.02 Å². The van der Waals surface area contributed by atoms with Gasteiger partial charge >= 0.3 is 0 Å². The molecule has 0 saturated carbocycles. The zero-order valence-corrected chi connectivity index (χ0v) is 8.64. The average molecular weight is 248 g/mol. The SMILES string of the molecule is OCC=Cc1cc(Cl)cc(Br)c1. The highest BCUT2D eigenvalue weighted by atomic mass is 79.9. The molecule has 0 unspecified atom stereocenters. The first-order chi connectivity index (χ1) is 5.72. The Morgan fingerprint density at radius 2 is 2.17 bits per heavy atom. The molecule has 0 bridgehead atoms. The lowest BCUT2D eigenvalue weighted by molar-refractivity contribution is 0.343. The molecule has 0 atom stereocenters. The van der Waals surface area contributed by atoms with Crippen LogP contribution < -0.4 is 0 Å². The van der Waals surface area contributed by atoms with Gasteiger partial charge in [0.2, 0.25) is 0 Å². The third kappa shape index (κ3) is 2.97. The van der Waals surface area contributed by atoms with Crippen LogP contribution in [-0.4, -0.2) is 11.7 Å². The van der Waals surface area contributed by atoms with Gasteiger partial charge in [-0.25, -0.2) is 0 Å².